The van der Waals surface area contributed by atoms with E-state index in [4.69, 9.17) is 0 Å². The third kappa shape index (κ3) is 0.980. The first kappa shape index (κ1) is 8.32. The van der Waals surface area contributed by atoms with Crippen LogP contribution in [0.4, 0.5) is 0 Å². The van der Waals surface area contributed by atoms with E-state index in [9.17, 15) is 0 Å². The molecule has 0 aromatic rings. The molecular formula is C13H22. The zero-order valence-corrected chi connectivity index (χ0v) is 9.05. The van der Waals surface area contributed by atoms with Crippen LogP contribution in [-0.4, -0.2) is 0 Å². The van der Waals surface area contributed by atoms with Gasteiger partial charge in [-0.15, -0.1) is 0 Å². The molecule has 0 aliphatic heterocycles. The summed E-state index contributed by atoms with van der Waals surface area (Å²) in [5.74, 6) is 4.42. The molecule has 0 heteroatoms. The van der Waals surface area contributed by atoms with Gasteiger partial charge < -0.3 is 0 Å². The molecule has 0 bridgehead atoms. The molecule has 13 heavy (non-hydrogen) atoms. The third-order valence-corrected chi connectivity index (χ3v) is 5.53. The van der Waals surface area contributed by atoms with Crippen LogP contribution in [0.1, 0.15) is 52.4 Å². The molecule has 0 saturated heterocycles. The smallest absolute Gasteiger partial charge is 0.0235 e. The molecule has 4 unspecified atom stereocenters. The van der Waals surface area contributed by atoms with Gasteiger partial charge >= 0.3 is 0 Å². The third-order valence-electron chi connectivity index (χ3n) is 5.53. The topological polar surface area (TPSA) is 0 Å². The van der Waals surface area contributed by atoms with E-state index in [0.717, 1.165) is 29.1 Å². The van der Waals surface area contributed by atoms with Gasteiger partial charge in [-0.1, -0.05) is 26.7 Å². The fourth-order valence-corrected chi connectivity index (χ4v) is 4.57. The molecule has 1 spiro atoms. The Labute approximate surface area is 82.1 Å². The summed E-state index contributed by atoms with van der Waals surface area (Å²) in [6, 6.07) is 0. The summed E-state index contributed by atoms with van der Waals surface area (Å²) >= 11 is 0. The van der Waals surface area contributed by atoms with E-state index in [0.29, 0.717) is 0 Å². The highest BCUT2D eigenvalue weighted by atomic mass is 14.7. The van der Waals surface area contributed by atoms with Crippen molar-refractivity contribution >= 4 is 0 Å². The van der Waals surface area contributed by atoms with E-state index in [-0.39, 0.29) is 0 Å². The normalized spacial score (nSPS) is 52.2. The summed E-state index contributed by atoms with van der Waals surface area (Å²) in [5, 5.41) is 0. The van der Waals surface area contributed by atoms with E-state index < -0.39 is 0 Å². The van der Waals surface area contributed by atoms with Gasteiger partial charge in [0.1, 0.15) is 0 Å². The summed E-state index contributed by atoms with van der Waals surface area (Å²) < 4.78 is 0. The number of rotatable bonds is 1. The van der Waals surface area contributed by atoms with Gasteiger partial charge in [-0.05, 0) is 54.8 Å². The van der Waals surface area contributed by atoms with Crippen molar-refractivity contribution < 1.29 is 0 Å². The van der Waals surface area contributed by atoms with Gasteiger partial charge in [0, 0.05) is 0 Å². The number of hydrogen-bond acceptors (Lipinski definition) is 0. The fourth-order valence-electron chi connectivity index (χ4n) is 4.57. The van der Waals surface area contributed by atoms with Gasteiger partial charge in [-0.3, -0.25) is 0 Å². The monoisotopic (exact) mass is 178 g/mol. The second kappa shape index (κ2) is 2.52. The van der Waals surface area contributed by atoms with Gasteiger partial charge in [-0.2, -0.15) is 0 Å². The first-order valence-corrected chi connectivity index (χ1v) is 6.24. The predicted octanol–water partition coefficient (Wildman–Crippen LogP) is 3.86. The van der Waals surface area contributed by atoms with Gasteiger partial charge in [0.05, 0.1) is 0 Å². The van der Waals surface area contributed by atoms with Crippen molar-refractivity contribution in [2.24, 2.45) is 29.1 Å². The molecule has 0 nitrogen and oxygen atoms in total. The molecule has 4 atom stereocenters. The minimum Gasteiger partial charge on any atom is -0.0625 e. The van der Waals surface area contributed by atoms with Crippen LogP contribution < -0.4 is 0 Å². The summed E-state index contributed by atoms with van der Waals surface area (Å²) in [5.41, 5.74) is 0.898. The fraction of sp³-hybridized carbons (Fsp3) is 1.00. The van der Waals surface area contributed by atoms with E-state index in [1.165, 1.54) is 12.8 Å². The highest BCUT2D eigenvalue weighted by Gasteiger charge is 2.66. The Morgan fingerprint density at radius 3 is 2.23 bits per heavy atom. The standard InChI is InChI=1S/C13H22/c1-9-4-5-11(8-9)12-10(2)13(12)6-3-7-13/h9-12H,3-8H2,1-2H3. The molecule has 3 rings (SSSR count). The lowest BCUT2D eigenvalue weighted by atomic mass is 9.76. The average molecular weight is 178 g/mol. The van der Waals surface area contributed by atoms with Crippen molar-refractivity contribution in [2.45, 2.75) is 52.4 Å². The zero-order chi connectivity index (χ0) is 9.05. The Morgan fingerprint density at radius 1 is 1.08 bits per heavy atom. The van der Waals surface area contributed by atoms with Crippen LogP contribution in [0.3, 0.4) is 0 Å². The molecule has 3 aliphatic rings. The summed E-state index contributed by atoms with van der Waals surface area (Å²) in [6.07, 6.45) is 9.30. The van der Waals surface area contributed by atoms with Crippen LogP contribution >= 0.6 is 0 Å². The lowest BCUT2D eigenvalue weighted by molar-refractivity contribution is 0.218. The van der Waals surface area contributed by atoms with Gasteiger partial charge in [-0.25, -0.2) is 0 Å². The summed E-state index contributed by atoms with van der Waals surface area (Å²) in [4.78, 5) is 0. The molecular weight excluding hydrogens is 156 g/mol. The van der Waals surface area contributed by atoms with Crippen LogP contribution in [0.5, 0.6) is 0 Å². The molecule has 74 valence electrons. The van der Waals surface area contributed by atoms with Crippen molar-refractivity contribution in [3.05, 3.63) is 0 Å². The van der Waals surface area contributed by atoms with E-state index >= 15 is 0 Å². The highest BCUT2D eigenvalue weighted by Crippen LogP contribution is 2.73. The Morgan fingerprint density at radius 2 is 1.85 bits per heavy atom. The Bertz CT molecular complexity index is 214. The SMILES string of the molecule is CC1CCC(C2C(C)C23CCC3)C1. The maximum absolute atomic E-state index is 2.52. The first-order chi connectivity index (χ1) is 6.24. The average Bonchev–Trinajstić information content (AvgIpc) is 2.43. The molecule has 0 amide bonds. The van der Waals surface area contributed by atoms with Crippen molar-refractivity contribution in [1.82, 2.24) is 0 Å². The summed E-state index contributed by atoms with van der Waals surface area (Å²) in [7, 11) is 0. The van der Waals surface area contributed by atoms with E-state index in [1.807, 2.05) is 0 Å². The lowest BCUT2D eigenvalue weighted by Gasteiger charge is -2.29. The zero-order valence-electron chi connectivity index (χ0n) is 9.05. The second-order valence-electron chi connectivity index (χ2n) is 6.08. The van der Waals surface area contributed by atoms with Crippen LogP contribution in [0, 0.1) is 29.1 Å². The molecule has 0 radical (unpaired) electrons. The molecule has 0 aromatic carbocycles. The molecule has 0 aromatic heterocycles. The first-order valence-electron chi connectivity index (χ1n) is 6.24. The summed E-state index contributed by atoms with van der Waals surface area (Å²) in [6.45, 7) is 4.97. The minimum atomic E-state index is 0.898. The maximum Gasteiger partial charge on any atom is -0.0235 e. The van der Waals surface area contributed by atoms with Crippen molar-refractivity contribution in [3.8, 4) is 0 Å². The predicted molar refractivity (Wildman–Crippen MR) is 55.4 cm³/mol. The Hall–Kier alpha value is 0. The van der Waals surface area contributed by atoms with Crippen molar-refractivity contribution in [2.75, 3.05) is 0 Å². The minimum absolute atomic E-state index is 0.898. The molecule has 3 fully saturated rings. The molecule has 0 N–H and O–H groups in total. The van der Waals surface area contributed by atoms with Crippen molar-refractivity contribution in [1.29, 1.82) is 0 Å². The Kier molecular flexibility index (Phi) is 1.61. The number of hydrogen-bond donors (Lipinski definition) is 0. The molecule has 3 saturated carbocycles. The van der Waals surface area contributed by atoms with Crippen LogP contribution in [-0.2, 0) is 0 Å². The largest absolute Gasteiger partial charge is 0.0625 e. The van der Waals surface area contributed by atoms with Gasteiger partial charge in [0.25, 0.3) is 0 Å². The van der Waals surface area contributed by atoms with Crippen LogP contribution in [0.25, 0.3) is 0 Å². The van der Waals surface area contributed by atoms with Crippen molar-refractivity contribution in [3.63, 3.8) is 0 Å². The second-order valence-corrected chi connectivity index (χ2v) is 6.08. The van der Waals surface area contributed by atoms with E-state index in [2.05, 4.69) is 13.8 Å². The van der Waals surface area contributed by atoms with Crippen LogP contribution in [0.2, 0.25) is 0 Å². The highest BCUT2D eigenvalue weighted by molar-refractivity contribution is 5.15. The van der Waals surface area contributed by atoms with E-state index in [1.54, 1.807) is 25.7 Å². The quantitative estimate of drug-likeness (QED) is 0.572. The molecule has 3 aliphatic carbocycles. The molecule has 0 heterocycles. The lowest BCUT2D eigenvalue weighted by Crippen LogP contribution is -2.18. The Balaban J connectivity index is 1.68. The maximum atomic E-state index is 2.52. The van der Waals surface area contributed by atoms with Gasteiger partial charge in [0.15, 0.2) is 0 Å². The van der Waals surface area contributed by atoms with Crippen LogP contribution in [0.15, 0.2) is 0 Å². The van der Waals surface area contributed by atoms with Gasteiger partial charge in [0.2, 0.25) is 0 Å².